The maximum Gasteiger partial charge on any atom is 0.290 e. The molecule has 5 nitrogen and oxygen atoms in total. The molecule has 124 valence electrons. The Labute approximate surface area is 145 Å². The normalized spacial score (nSPS) is 18.3. The number of ketones is 1. The zero-order valence-electron chi connectivity index (χ0n) is 13.2. The highest BCUT2D eigenvalue weighted by Crippen LogP contribution is 2.40. The Morgan fingerprint density at radius 3 is 2.52 bits per heavy atom. The molecule has 0 spiro atoms. The number of amides is 1. The Bertz CT molecular complexity index is 686. The van der Waals surface area contributed by atoms with Crippen LogP contribution < -0.4 is 4.90 Å². The van der Waals surface area contributed by atoms with Gasteiger partial charge in [-0.15, -0.1) is 0 Å². The van der Waals surface area contributed by atoms with Gasteiger partial charge in [-0.3, -0.25) is 9.59 Å². The lowest BCUT2D eigenvalue weighted by Crippen LogP contribution is -3.06. The second-order valence-electron chi connectivity index (χ2n) is 5.84. The van der Waals surface area contributed by atoms with Crippen molar-refractivity contribution >= 4 is 34.9 Å². The monoisotopic (exact) mass is 357 g/mol. The largest absolute Gasteiger partial charge is 0.503 e. The molecule has 2 N–H and O–H groups in total. The Balaban J connectivity index is 2.51. The molecule has 1 aliphatic heterocycles. The number of hydrogen-bond acceptors (Lipinski definition) is 3. The van der Waals surface area contributed by atoms with Gasteiger partial charge in [-0.2, -0.15) is 0 Å². The van der Waals surface area contributed by atoms with Gasteiger partial charge in [0.05, 0.1) is 38.8 Å². The van der Waals surface area contributed by atoms with Gasteiger partial charge in [0.15, 0.2) is 11.5 Å². The first-order chi connectivity index (χ1) is 10.7. The fourth-order valence-corrected chi connectivity index (χ4v) is 3.15. The number of nitrogens with one attached hydrogen (secondary N) is 1. The van der Waals surface area contributed by atoms with Crippen molar-refractivity contribution in [1.29, 1.82) is 0 Å². The number of aliphatic hydroxyl groups excluding tert-OH is 1. The number of carbonyl (C=O) groups is 2. The standard InChI is InChI=1S/C16H18Cl2N2O3/c1-9(21)13-14(11-5-4-10(17)8-12(11)18)20(7-6-19(2)3)16(23)15(13)22/h4-5,8,14,22H,6-7H2,1-3H3/p+1/t14-/m0/s1. The van der Waals surface area contributed by atoms with Crippen molar-refractivity contribution in [3.05, 3.63) is 45.1 Å². The maximum atomic E-state index is 12.4. The van der Waals surface area contributed by atoms with Gasteiger partial charge in [0.2, 0.25) is 0 Å². The quantitative estimate of drug-likeness (QED) is 0.837. The van der Waals surface area contributed by atoms with E-state index in [1.54, 1.807) is 18.2 Å². The molecule has 23 heavy (non-hydrogen) atoms. The number of hydrogen-bond donors (Lipinski definition) is 2. The molecule has 1 aromatic rings. The number of nitrogens with zero attached hydrogens (tertiary/aromatic N) is 1. The van der Waals surface area contributed by atoms with Crippen LogP contribution in [0.4, 0.5) is 0 Å². The summed E-state index contributed by atoms with van der Waals surface area (Å²) in [4.78, 5) is 27.0. The van der Waals surface area contributed by atoms with Gasteiger partial charge in [-0.05, 0) is 24.6 Å². The van der Waals surface area contributed by atoms with Crippen LogP contribution in [0.3, 0.4) is 0 Å². The van der Waals surface area contributed by atoms with Gasteiger partial charge in [0.1, 0.15) is 0 Å². The number of halogens is 2. The maximum absolute atomic E-state index is 12.4. The average Bonchev–Trinajstić information content (AvgIpc) is 2.69. The van der Waals surface area contributed by atoms with Crippen LogP contribution in [0.25, 0.3) is 0 Å². The van der Waals surface area contributed by atoms with Crippen molar-refractivity contribution in [1.82, 2.24) is 4.90 Å². The number of quaternary nitrogens is 1. The fourth-order valence-electron chi connectivity index (χ4n) is 2.63. The number of likely N-dealkylation sites (N-methyl/N-ethyl adjacent to an activating group) is 1. The number of rotatable bonds is 5. The third kappa shape index (κ3) is 3.52. The topological polar surface area (TPSA) is 62.0 Å². The smallest absolute Gasteiger partial charge is 0.290 e. The molecule has 1 atom stereocenters. The van der Waals surface area contributed by atoms with E-state index in [9.17, 15) is 14.7 Å². The van der Waals surface area contributed by atoms with Gasteiger partial charge in [-0.1, -0.05) is 29.3 Å². The van der Waals surface area contributed by atoms with E-state index in [0.717, 1.165) is 4.90 Å². The SMILES string of the molecule is CC(=O)C1=C(O)C(=O)N(CC[NH+](C)C)[C@H]1c1ccc(Cl)cc1Cl. The van der Waals surface area contributed by atoms with Crippen molar-refractivity contribution < 1.29 is 19.6 Å². The summed E-state index contributed by atoms with van der Waals surface area (Å²) in [6.07, 6.45) is 0. The lowest BCUT2D eigenvalue weighted by Gasteiger charge is -2.27. The van der Waals surface area contributed by atoms with Crippen LogP contribution in [0.2, 0.25) is 10.0 Å². The van der Waals surface area contributed by atoms with Gasteiger partial charge in [0, 0.05) is 10.0 Å². The molecule has 1 aliphatic rings. The molecular formula is C16H19Cl2N2O3+. The van der Waals surface area contributed by atoms with Gasteiger partial charge < -0.3 is 14.9 Å². The van der Waals surface area contributed by atoms with E-state index in [1.165, 1.54) is 11.8 Å². The van der Waals surface area contributed by atoms with Crippen molar-refractivity contribution in [2.75, 3.05) is 27.2 Å². The molecule has 0 radical (unpaired) electrons. The molecule has 0 aliphatic carbocycles. The first-order valence-electron chi connectivity index (χ1n) is 7.23. The summed E-state index contributed by atoms with van der Waals surface area (Å²) in [6, 6.07) is 4.20. The number of carbonyl (C=O) groups excluding carboxylic acids is 2. The highest BCUT2D eigenvalue weighted by molar-refractivity contribution is 6.35. The predicted octanol–water partition coefficient (Wildman–Crippen LogP) is 1.42. The predicted molar refractivity (Wildman–Crippen MR) is 88.9 cm³/mol. The molecule has 0 bridgehead atoms. The van der Waals surface area contributed by atoms with Crippen LogP contribution in [-0.4, -0.2) is 48.9 Å². The molecule has 0 saturated carbocycles. The van der Waals surface area contributed by atoms with Crippen LogP contribution >= 0.6 is 23.2 Å². The molecule has 7 heteroatoms. The lowest BCUT2D eigenvalue weighted by atomic mass is 9.96. The molecular weight excluding hydrogens is 339 g/mol. The average molecular weight is 358 g/mol. The van der Waals surface area contributed by atoms with E-state index in [4.69, 9.17) is 23.2 Å². The summed E-state index contributed by atoms with van der Waals surface area (Å²) < 4.78 is 0. The van der Waals surface area contributed by atoms with E-state index in [1.807, 2.05) is 14.1 Å². The minimum absolute atomic E-state index is 0.0768. The minimum Gasteiger partial charge on any atom is -0.503 e. The van der Waals surface area contributed by atoms with Crippen molar-refractivity contribution in [3.63, 3.8) is 0 Å². The molecule has 0 saturated heterocycles. The first-order valence-corrected chi connectivity index (χ1v) is 7.98. The second-order valence-corrected chi connectivity index (χ2v) is 6.69. The summed E-state index contributed by atoms with van der Waals surface area (Å²) >= 11 is 12.2. The van der Waals surface area contributed by atoms with Gasteiger partial charge in [-0.25, -0.2) is 0 Å². The molecule has 0 unspecified atom stereocenters. The van der Waals surface area contributed by atoms with Gasteiger partial charge >= 0.3 is 0 Å². The van der Waals surface area contributed by atoms with Gasteiger partial charge in [0.25, 0.3) is 5.91 Å². The zero-order valence-corrected chi connectivity index (χ0v) is 14.7. The summed E-state index contributed by atoms with van der Waals surface area (Å²) in [7, 11) is 3.92. The van der Waals surface area contributed by atoms with E-state index in [0.29, 0.717) is 28.7 Å². The molecule has 2 rings (SSSR count). The van der Waals surface area contributed by atoms with E-state index < -0.39 is 17.7 Å². The van der Waals surface area contributed by atoms with Crippen LogP contribution in [-0.2, 0) is 9.59 Å². The van der Waals surface area contributed by atoms with Crippen LogP contribution in [0.5, 0.6) is 0 Å². The summed E-state index contributed by atoms with van der Waals surface area (Å²) in [5.74, 6) is -1.40. The molecule has 1 heterocycles. The Morgan fingerprint density at radius 2 is 2.00 bits per heavy atom. The second kappa shape index (κ2) is 6.91. The lowest BCUT2D eigenvalue weighted by molar-refractivity contribution is -0.857. The number of Topliss-reactive ketones (excluding diaryl/α,β-unsaturated/α-hetero) is 1. The molecule has 1 aromatic carbocycles. The third-order valence-electron chi connectivity index (χ3n) is 3.79. The zero-order chi connectivity index (χ0) is 17.3. The van der Waals surface area contributed by atoms with Crippen molar-refractivity contribution in [2.45, 2.75) is 13.0 Å². The van der Waals surface area contributed by atoms with Crippen LogP contribution in [0.1, 0.15) is 18.5 Å². The van der Waals surface area contributed by atoms with Crippen LogP contribution in [0.15, 0.2) is 29.5 Å². The Morgan fingerprint density at radius 1 is 1.35 bits per heavy atom. The Hall–Kier alpha value is -1.56. The Kier molecular flexibility index (Phi) is 5.34. The molecule has 1 amide bonds. The highest BCUT2D eigenvalue weighted by atomic mass is 35.5. The molecule has 0 aromatic heterocycles. The van der Waals surface area contributed by atoms with Crippen molar-refractivity contribution in [3.8, 4) is 0 Å². The summed E-state index contributed by atoms with van der Waals surface area (Å²) in [5.41, 5.74) is 0.653. The third-order valence-corrected chi connectivity index (χ3v) is 4.36. The minimum atomic E-state index is -0.691. The van der Waals surface area contributed by atoms with E-state index >= 15 is 0 Å². The van der Waals surface area contributed by atoms with Crippen LogP contribution in [0, 0.1) is 0 Å². The highest BCUT2D eigenvalue weighted by Gasteiger charge is 2.43. The van der Waals surface area contributed by atoms with E-state index in [2.05, 4.69) is 0 Å². The number of benzene rings is 1. The van der Waals surface area contributed by atoms with Crippen molar-refractivity contribution in [2.24, 2.45) is 0 Å². The first kappa shape index (κ1) is 17.8. The number of aliphatic hydroxyl groups is 1. The fraction of sp³-hybridized carbons (Fsp3) is 0.375. The summed E-state index contributed by atoms with van der Waals surface area (Å²) in [5, 5.41) is 10.9. The van der Waals surface area contributed by atoms with E-state index in [-0.39, 0.29) is 11.4 Å². The molecule has 0 fully saturated rings. The summed E-state index contributed by atoms with van der Waals surface area (Å²) in [6.45, 7) is 2.40.